The van der Waals surface area contributed by atoms with Crippen molar-refractivity contribution in [1.29, 1.82) is 0 Å². The van der Waals surface area contributed by atoms with Gasteiger partial charge in [0.15, 0.2) is 23.1 Å². The van der Waals surface area contributed by atoms with Crippen LogP contribution in [0, 0.1) is 11.6 Å². The zero-order valence-electron chi connectivity index (χ0n) is 16.6. The summed E-state index contributed by atoms with van der Waals surface area (Å²) in [5.74, 6) is -1.81. The van der Waals surface area contributed by atoms with E-state index in [1.807, 2.05) is 0 Å². The Morgan fingerprint density at radius 2 is 1.90 bits per heavy atom. The summed E-state index contributed by atoms with van der Waals surface area (Å²) < 4.78 is 41.9. The van der Waals surface area contributed by atoms with Gasteiger partial charge >= 0.3 is 0 Å². The summed E-state index contributed by atoms with van der Waals surface area (Å²) in [6, 6.07) is 1.23. The van der Waals surface area contributed by atoms with Crippen molar-refractivity contribution in [2.45, 2.75) is 31.6 Å². The Morgan fingerprint density at radius 3 is 2.48 bits per heavy atom. The smallest absolute Gasteiger partial charge is 0.171 e. The summed E-state index contributed by atoms with van der Waals surface area (Å²) in [6.45, 7) is 0. The summed E-state index contributed by atoms with van der Waals surface area (Å²) in [6.07, 6.45) is 4.10. The molecule has 1 aliphatic carbocycles. The van der Waals surface area contributed by atoms with Crippen LogP contribution in [0.5, 0.6) is 11.5 Å². The highest BCUT2D eigenvalue weighted by atomic mass is 19.1. The van der Waals surface area contributed by atoms with Crippen molar-refractivity contribution >= 4 is 5.69 Å². The number of methoxy groups -OCH3 is 2. The average Bonchev–Trinajstić information content (AvgIpc) is 3.16. The van der Waals surface area contributed by atoms with Gasteiger partial charge in [-0.2, -0.15) is 10.2 Å². The third-order valence-electron chi connectivity index (χ3n) is 5.59. The Morgan fingerprint density at radius 1 is 1.21 bits per heavy atom. The van der Waals surface area contributed by atoms with Gasteiger partial charge in [0.2, 0.25) is 0 Å². The highest BCUT2D eigenvalue weighted by Gasteiger charge is 2.31. The molecule has 0 bridgehead atoms. The fraction of sp³-hybridized carbons (Fsp3) is 0.400. The van der Waals surface area contributed by atoms with Crippen LogP contribution in [0.15, 0.2) is 12.3 Å². The first kappa shape index (κ1) is 19.2. The number of nitrogens with one attached hydrogen (secondary N) is 1. The number of aryl methyl sites for hydroxylation is 1. The molecular formula is C20H23F2N5O2. The van der Waals surface area contributed by atoms with E-state index in [1.165, 1.54) is 20.3 Å². The summed E-state index contributed by atoms with van der Waals surface area (Å²) in [5, 5.41) is 11.7. The van der Waals surface area contributed by atoms with Gasteiger partial charge < -0.3 is 15.2 Å². The molecule has 9 heteroatoms. The predicted molar refractivity (Wildman–Crippen MR) is 104 cm³/mol. The zero-order valence-corrected chi connectivity index (χ0v) is 16.6. The minimum atomic E-state index is -0.685. The van der Waals surface area contributed by atoms with E-state index in [0.29, 0.717) is 18.5 Å². The molecule has 0 saturated heterocycles. The number of hydrogen-bond acceptors (Lipinski definition) is 5. The number of nitrogen functional groups attached to an aromatic ring is 1. The van der Waals surface area contributed by atoms with Crippen molar-refractivity contribution < 1.29 is 18.3 Å². The largest absolute Gasteiger partial charge is 0.494 e. The third-order valence-corrected chi connectivity index (χ3v) is 5.59. The SMILES string of the molecule is COc1cc(OC)c(F)c([C@H]2CCCc3c(-c4c(N)cnn4C)n[nH]c3C2)c1F. The average molecular weight is 403 g/mol. The number of aromatic amines is 1. The zero-order chi connectivity index (χ0) is 20.7. The second-order valence-corrected chi connectivity index (χ2v) is 7.22. The molecule has 0 unspecified atom stereocenters. The molecule has 0 spiro atoms. The highest BCUT2D eigenvalue weighted by molar-refractivity contribution is 5.72. The maximum atomic E-state index is 15.0. The number of rotatable bonds is 4. The molecule has 0 radical (unpaired) electrons. The molecule has 2 aromatic heterocycles. The minimum Gasteiger partial charge on any atom is -0.494 e. The minimum absolute atomic E-state index is 0.00903. The number of nitrogens with zero attached hydrogens (tertiary/aromatic N) is 3. The molecule has 0 aliphatic heterocycles. The first-order valence-electron chi connectivity index (χ1n) is 9.40. The van der Waals surface area contributed by atoms with Crippen LogP contribution in [0.1, 0.15) is 35.6 Å². The van der Waals surface area contributed by atoms with E-state index in [4.69, 9.17) is 15.2 Å². The number of fused-ring (bicyclic) bond motifs is 1. The van der Waals surface area contributed by atoms with Crippen molar-refractivity contribution in [3.63, 3.8) is 0 Å². The van der Waals surface area contributed by atoms with Gasteiger partial charge in [0.05, 0.1) is 26.1 Å². The molecule has 0 amide bonds. The maximum Gasteiger partial charge on any atom is 0.171 e. The van der Waals surface area contributed by atoms with Gasteiger partial charge in [-0.3, -0.25) is 9.78 Å². The van der Waals surface area contributed by atoms with Crippen LogP contribution >= 0.6 is 0 Å². The monoisotopic (exact) mass is 403 g/mol. The van der Waals surface area contributed by atoms with Gasteiger partial charge in [0, 0.05) is 29.9 Å². The number of hydrogen-bond donors (Lipinski definition) is 2. The van der Waals surface area contributed by atoms with Crippen molar-refractivity contribution in [2.24, 2.45) is 7.05 Å². The van der Waals surface area contributed by atoms with Crippen LogP contribution < -0.4 is 15.2 Å². The predicted octanol–water partition coefficient (Wildman–Crippen LogP) is 3.35. The fourth-order valence-corrected chi connectivity index (χ4v) is 4.16. The Labute approximate surface area is 166 Å². The van der Waals surface area contributed by atoms with Crippen LogP contribution in [0.2, 0.25) is 0 Å². The number of nitrogens with two attached hydrogens (primary N) is 1. The van der Waals surface area contributed by atoms with Crippen LogP contribution in [0.4, 0.5) is 14.5 Å². The summed E-state index contributed by atoms with van der Waals surface area (Å²) in [4.78, 5) is 0. The van der Waals surface area contributed by atoms with E-state index in [-0.39, 0.29) is 23.0 Å². The molecule has 7 nitrogen and oxygen atoms in total. The summed E-state index contributed by atoms with van der Waals surface area (Å²) >= 11 is 0. The molecule has 4 rings (SSSR count). The molecule has 0 saturated carbocycles. The number of aromatic nitrogens is 4. The van der Waals surface area contributed by atoms with Crippen molar-refractivity contribution in [1.82, 2.24) is 20.0 Å². The van der Waals surface area contributed by atoms with Crippen molar-refractivity contribution in [2.75, 3.05) is 20.0 Å². The lowest BCUT2D eigenvalue weighted by molar-refractivity contribution is 0.348. The Hall–Kier alpha value is -3.10. The second-order valence-electron chi connectivity index (χ2n) is 7.22. The van der Waals surface area contributed by atoms with Crippen LogP contribution in [-0.4, -0.2) is 34.2 Å². The first-order chi connectivity index (χ1) is 14.0. The van der Waals surface area contributed by atoms with E-state index in [1.54, 1.807) is 17.9 Å². The molecule has 1 aliphatic rings. The van der Waals surface area contributed by atoms with Gasteiger partial charge in [-0.1, -0.05) is 0 Å². The normalized spacial score (nSPS) is 16.4. The Bertz CT molecular complexity index is 1010. The van der Waals surface area contributed by atoms with E-state index in [0.717, 1.165) is 35.5 Å². The molecule has 29 heavy (non-hydrogen) atoms. The van der Waals surface area contributed by atoms with E-state index < -0.39 is 11.6 Å². The van der Waals surface area contributed by atoms with E-state index in [2.05, 4.69) is 15.3 Å². The summed E-state index contributed by atoms with van der Waals surface area (Å²) in [7, 11) is 4.51. The molecule has 154 valence electrons. The van der Waals surface area contributed by atoms with Gasteiger partial charge in [0.1, 0.15) is 11.4 Å². The van der Waals surface area contributed by atoms with Crippen LogP contribution in [0.3, 0.4) is 0 Å². The van der Waals surface area contributed by atoms with Crippen LogP contribution in [0.25, 0.3) is 11.4 Å². The van der Waals surface area contributed by atoms with E-state index >= 15 is 8.78 Å². The Balaban J connectivity index is 1.77. The van der Waals surface area contributed by atoms with Gasteiger partial charge in [-0.25, -0.2) is 8.78 Å². The lowest BCUT2D eigenvalue weighted by Crippen LogP contribution is -2.10. The first-order valence-corrected chi connectivity index (χ1v) is 9.40. The van der Waals surface area contributed by atoms with Crippen molar-refractivity contribution in [3.05, 3.63) is 40.7 Å². The van der Waals surface area contributed by atoms with Gasteiger partial charge in [-0.05, 0) is 31.6 Å². The number of ether oxygens (including phenoxy) is 2. The third kappa shape index (κ3) is 3.10. The topological polar surface area (TPSA) is 91.0 Å². The Kier molecular flexibility index (Phi) is 4.89. The molecule has 3 aromatic rings. The lowest BCUT2D eigenvalue weighted by Gasteiger charge is -2.19. The molecule has 1 atom stereocenters. The van der Waals surface area contributed by atoms with Gasteiger partial charge in [-0.15, -0.1) is 0 Å². The number of H-pyrrole nitrogens is 1. The van der Waals surface area contributed by atoms with E-state index in [9.17, 15) is 0 Å². The standard InChI is InChI=1S/C20H23F2N5O2/c1-27-20(12(23)9-24-27)19-11-6-4-5-10(7-13(11)25-26-19)16-17(21)14(28-2)8-15(29-3)18(16)22/h8-10H,4-7,23H2,1-3H3,(H,25,26)/t10-/m0/s1. The highest BCUT2D eigenvalue weighted by Crippen LogP contribution is 2.41. The molecule has 2 heterocycles. The van der Waals surface area contributed by atoms with Crippen molar-refractivity contribution in [3.8, 4) is 22.9 Å². The number of anilines is 1. The number of benzene rings is 1. The molecular weight excluding hydrogens is 380 g/mol. The molecule has 1 aromatic carbocycles. The van der Waals surface area contributed by atoms with Crippen LogP contribution in [-0.2, 0) is 19.9 Å². The van der Waals surface area contributed by atoms with Gasteiger partial charge in [0.25, 0.3) is 0 Å². The summed E-state index contributed by atoms with van der Waals surface area (Å²) in [5.41, 5.74) is 9.93. The quantitative estimate of drug-likeness (QED) is 0.652. The molecule has 0 fully saturated rings. The fourth-order valence-electron chi connectivity index (χ4n) is 4.16. The maximum absolute atomic E-state index is 15.0. The second kappa shape index (κ2) is 7.38. The molecule has 3 N–H and O–H groups in total. The number of halogens is 2. The lowest BCUT2D eigenvalue weighted by atomic mass is 9.90.